The first-order valence-electron chi connectivity index (χ1n) is 5.19. The molecule has 0 heterocycles. The van der Waals surface area contributed by atoms with Crippen molar-refractivity contribution >= 4 is 40.2 Å². The number of hydrogen-bond acceptors (Lipinski definition) is 2. The Morgan fingerprint density at radius 1 is 1.17 bits per heavy atom. The van der Waals surface area contributed by atoms with Crippen molar-refractivity contribution in [2.75, 3.05) is 5.32 Å². The van der Waals surface area contributed by atoms with E-state index in [2.05, 4.69) is 5.32 Å². The summed E-state index contributed by atoms with van der Waals surface area (Å²) in [6.07, 6.45) is 0. The van der Waals surface area contributed by atoms with E-state index in [-0.39, 0.29) is 10.7 Å². The molecule has 0 atom stereocenters. The van der Waals surface area contributed by atoms with Crippen LogP contribution in [-0.2, 0) is 0 Å². The molecule has 2 aromatic carbocycles. The lowest BCUT2D eigenvalue weighted by atomic mass is 10.1. The maximum absolute atomic E-state index is 13.6. The average molecular weight is 281 g/mol. The van der Waals surface area contributed by atoms with Crippen LogP contribution < -0.4 is 11.1 Å². The van der Waals surface area contributed by atoms with Crippen LogP contribution in [0.5, 0.6) is 0 Å². The standard InChI is InChI=1S/C13H10ClFN2S/c14-8-5-6-10(15)12(7-8)17-11-4-2-1-3-9(11)13(16)18/h1-7,17H,(H2,16,18). The number of nitrogens with two attached hydrogens (primary N) is 1. The van der Waals surface area contributed by atoms with Crippen LogP contribution in [0.15, 0.2) is 42.5 Å². The Labute approximate surface area is 115 Å². The fourth-order valence-corrected chi connectivity index (χ4v) is 1.90. The third kappa shape index (κ3) is 2.78. The predicted octanol–water partition coefficient (Wildman–Crippen LogP) is 3.86. The van der Waals surface area contributed by atoms with E-state index in [1.807, 2.05) is 12.1 Å². The Morgan fingerprint density at radius 2 is 1.89 bits per heavy atom. The first-order chi connectivity index (χ1) is 8.58. The summed E-state index contributed by atoms with van der Waals surface area (Å²) in [6, 6.07) is 11.5. The molecule has 0 aliphatic rings. The first-order valence-corrected chi connectivity index (χ1v) is 5.97. The van der Waals surface area contributed by atoms with Crippen LogP contribution in [0.2, 0.25) is 5.02 Å². The lowest BCUT2D eigenvalue weighted by Gasteiger charge is -2.11. The second-order valence-corrected chi connectivity index (χ2v) is 4.54. The van der Waals surface area contributed by atoms with E-state index in [0.29, 0.717) is 16.3 Å². The van der Waals surface area contributed by atoms with E-state index in [9.17, 15) is 4.39 Å². The van der Waals surface area contributed by atoms with Crippen molar-refractivity contribution in [1.29, 1.82) is 0 Å². The van der Waals surface area contributed by atoms with E-state index < -0.39 is 5.82 Å². The van der Waals surface area contributed by atoms with Gasteiger partial charge in [-0.15, -0.1) is 0 Å². The molecule has 0 spiro atoms. The average Bonchev–Trinajstić information content (AvgIpc) is 2.34. The van der Waals surface area contributed by atoms with Crippen molar-refractivity contribution in [3.05, 3.63) is 58.9 Å². The highest BCUT2D eigenvalue weighted by Crippen LogP contribution is 2.25. The largest absolute Gasteiger partial charge is 0.389 e. The quantitative estimate of drug-likeness (QED) is 0.839. The fraction of sp³-hybridized carbons (Fsp3) is 0. The third-order valence-corrected chi connectivity index (χ3v) is 2.85. The summed E-state index contributed by atoms with van der Waals surface area (Å²) < 4.78 is 13.6. The molecule has 0 aliphatic carbocycles. The molecule has 0 aromatic heterocycles. The molecule has 0 bridgehead atoms. The zero-order valence-electron chi connectivity index (χ0n) is 9.28. The molecule has 18 heavy (non-hydrogen) atoms. The van der Waals surface area contributed by atoms with Crippen LogP contribution in [0.3, 0.4) is 0 Å². The lowest BCUT2D eigenvalue weighted by Crippen LogP contribution is -2.11. The Hall–Kier alpha value is -1.65. The highest BCUT2D eigenvalue weighted by atomic mass is 35.5. The van der Waals surface area contributed by atoms with Gasteiger partial charge in [-0.2, -0.15) is 0 Å². The number of para-hydroxylation sites is 1. The maximum atomic E-state index is 13.6. The van der Waals surface area contributed by atoms with Gasteiger partial charge in [0.05, 0.1) is 5.69 Å². The van der Waals surface area contributed by atoms with Crippen molar-refractivity contribution < 1.29 is 4.39 Å². The van der Waals surface area contributed by atoms with Crippen LogP contribution in [0.1, 0.15) is 5.56 Å². The van der Waals surface area contributed by atoms with Gasteiger partial charge in [0.2, 0.25) is 0 Å². The number of rotatable bonds is 3. The van der Waals surface area contributed by atoms with Gasteiger partial charge >= 0.3 is 0 Å². The van der Waals surface area contributed by atoms with Crippen molar-refractivity contribution in [2.24, 2.45) is 5.73 Å². The Balaban J connectivity index is 2.40. The molecule has 0 unspecified atom stereocenters. The Bertz CT molecular complexity index is 601. The minimum atomic E-state index is -0.392. The van der Waals surface area contributed by atoms with Gasteiger partial charge in [-0.1, -0.05) is 36.0 Å². The minimum absolute atomic E-state index is 0.250. The zero-order valence-corrected chi connectivity index (χ0v) is 10.9. The third-order valence-electron chi connectivity index (χ3n) is 2.39. The Kier molecular flexibility index (Phi) is 3.79. The summed E-state index contributed by atoms with van der Waals surface area (Å²) in [5.41, 5.74) is 7.20. The minimum Gasteiger partial charge on any atom is -0.389 e. The number of thiocarbonyl (C=S) groups is 1. The van der Waals surface area contributed by atoms with Crippen LogP contribution in [0, 0.1) is 5.82 Å². The molecule has 0 saturated heterocycles. The number of anilines is 2. The Morgan fingerprint density at radius 3 is 2.61 bits per heavy atom. The predicted molar refractivity (Wildman–Crippen MR) is 77.0 cm³/mol. The van der Waals surface area contributed by atoms with E-state index >= 15 is 0 Å². The van der Waals surface area contributed by atoms with Gasteiger partial charge in [0, 0.05) is 16.3 Å². The summed E-state index contributed by atoms with van der Waals surface area (Å²) in [5, 5.41) is 3.39. The molecular weight excluding hydrogens is 271 g/mol. The van der Waals surface area contributed by atoms with Gasteiger partial charge in [0.1, 0.15) is 10.8 Å². The molecule has 0 fully saturated rings. The van der Waals surface area contributed by atoms with Gasteiger partial charge in [-0.3, -0.25) is 0 Å². The second kappa shape index (κ2) is 5.33. The second-order valence-electron chi connectivity index (χ2n) is 3.66. The lowest BCUT2D eigenvalue weighted by molar-refractivity contribution is 0.632. The number of nitrogens with one attached hydrogen (secondary N) is 1. The maximum Gasteiger partial charge on any atom is 0.146 e. The number of benzene rings is 2. The van der Waals surface area contributed by atoms with E-state index in [1.54, 1.807) is 12.1 Å². The number of hydrogen-bond donors (Lipinski definition) is 2. The smallest absolute Gasteiger partial charge is 0.146 e. The van der Waals surface area contributed by atoms with Crippen LogP contribution in [0.25, 0.3) is 0 Å². The van der Waals surface area contributed by atoms with Crippen LogP contribution in [-0.4, -0.2) is 4.99 Å². The molecule has 2 aromatic rings. The van der Waals surface area contributed by atoms with Gasteiger partial charge in [-0.05, 0) is 30.3 Å². The molecule has 0 radical (unpaired) electrons. The summed E-state index contributed by atoms with van der Waals surface area (Å²) in [5.74, 6) is -0.392. The molecule has 0 amide bonds. The van der Waals surface area contributed by atoms with Crippen molar-refractivity contribution in [1.82, 2.24) is 0 Å². The van der Waals surface area contributed by atoms with E-state index in [1.165, 1.54) is 18.2 Å². The normalized spacial score (nSPS) is 10.1. The zero-order chi connectivity index (χ0) is 13.1. The van der Waals surface area contributed by atoms with Gasteiger partial charge in [0.25, 0.3) is 0 Å². The summed E-state index contributed by atoms with van der Waals surface area (Å²) >= 11 is 10.8. The summed E-state index contributed by atoms with van der Waals surface area (Å²) in [7, 11) is 0. The topological polar surface area (TPSA) is 38.0 Å². The van der Waals surface area contributed by atoms with Crippen LogP contribution in [0.4, 0.5) is 15.8 Å². The highest BCUT2D eigenvalue weighted by Gasteiger charge is 2.07. The summed E-state index contributed by atoms with van der Waals surface area (Å²) in [4.78, 5) is 0.250. The molecular formula is C13H10ClFN2S. The first kappa shape index (κ1) is 12.8. The molecule has 5 heteroatoms. The van der Waals surface area contributed by atoms with Gasteiger partial charge < -0.3 is 11.1 Å². The SMILES string of the molecule is NC(=S)c1ccccc1Nc1cc(Cl)ccc1F. The van der Waals surface area contributed by atoms with Crippen LogP contribution >= 0.6 is 23.8 Å². The van der Waals surface area contributed by atoms with Gasteiger partial charge in [0.15, 0.2) is 0 Å². The number of halogens is 2. The van der Waals surface area contributed by atoms with Crippen molar-refractivity contribution in [2.45, 2.75) is 0 Å². The monoisotopic (exact) mass is 280 g/mol. The summed E-state index contributed by atoms with van der Waals surface area (Å²) in [6.45, 7) is 0. The van der Waals surface area contributed by atoms with Crippen molar-refractivity contribution in [3.63, 3.8) is 0 Å². The molecule has 0 saturated carbocycles. The van der Waals surface area contributed by atoms with E-state index in [4.69, 9.17) is 29.6 Å². The molecule has 0 aliphatic heterocycles. The highest BCUT2D eigenvalue weighted by molar-refractivity contribution is 7.80. The molecule has 2 nitrogen and oxygen atoms in total. The van der Waals surface area contributed by atoms with E-state index in [0.717, 1.165) is 0 Å². The molecule has 2 rings (SSSR count). The molecule has 3 N–H and O–H groups in total. The van der Waals surface area contributed by atoms with Gasteiger partial charge in [-0.25, -0.2) is 4.39 Å². The fourth-order valence-electron chi connectivity index (χ4n) is 1.55. The van der Waals surface area contributed by atoms with Crippen molar-refractivity contribution in [3.8, 4) is 0 Å². The molecule has 92 valence electrons.